The molecule has 6 heteroatoms. The molecule has 4 rings (SSSR count). The van der Waals surface area contributed by atoms with E-state index in [2.05, 4.69) is 15.5 Å². The topological polar surface area (TPSA) is 68.0 Å². The van der Waals surface area contributed by atoms with Gasteiger partial charge in [-0.15, -0.1) is 0 Å². The Morgan fingerprint density at radius 3 is 2.54 bits per heavy atom. The number of benzene rings is 2. The lowest BCUT2D eigenvalue weighted by Gasteiger charge is -2.14. The molecule has 1 amide bonds. The van der Waals surface area contributed by atoms with Crippen LogP contribution in [0, 0.1) is 5.82 Å². The van der Waals surface area contributed by atoms with Crippen molar-refractivity contribution in [2.24, 2.45) is 0 Å². The maximum atomic E-state index is 13.1. The van der Waals surface area contributed by atoms with E-state index in [1.54, 1.807) is 12.1 Å². The van der Waals surface area contributed by atoms with Crippen LogP contribution in [0.4, 0.5) is 4.39 Å². The lowest BCUT2D eigenvalue weighted by molar-refractivity contribution is -0.123. The first-order chi connectivity index (χ1) is 12.7. The maximum absolute atomic E-state index is 13.1. The highest BCUT2D eigenvalue weighted by Crippen LogP contribution is 2.48. The Balaban J connectivity index is 1.37. The Morgan fingerprint density at radius 2 is 1.85 bits per heavy atom. The third-order valence-electron chi connectivity index (χ3n) is 4.70. The number of amides is 1. The normalized spacial score (nSPS) is 14.8. The van der Waals surface area contributed by atoms with Crippen LogP contribution in [-0.4, -0.2) is 16.0 Å². The highest BCUT2D eigenvalue weighted by molar-refractivity contribution is 5.91. The molecular formula is C20H18FN3O2. The van der Waals surface area contributed by atoms with Crippen LogP contribution in [0.1, 0.15) is 35.7 Å². The molecule has 2 aromatic carbocycles. The summed E-state index contributed by atoms with van der Waals surface area (Å²) in [5.74, 6) is 0.563. The summed E-state index contributed by atoms with van der Waals surface area (Å²) in [6, 6.07) is 16.0. The number of nitrogens with one attached hydrogen (secondary N) is 1. The van der Waals surface area contributed by atoms with Gasteiger partial charge < -0.3 is 9.84 Å². The van der Waals surface area contributed by atoms with E-state index in [0.29, 0.717) is 18.1 Å². The number of halogens is 1. The van der Waals surface area contributed by atoms with Crippen molar-refractivity contribution in [2.45, 2.75) is 31.2 Å². The molecule has 3 aromatic rings. The number of rotatable bonds is 6. The van der Waals surface area contributed by atoms with Gasteiger partial charge >= 0.3 is 0 Å². The lowest BCUT2D eigenvalue weighted by atomic mass is 9.95. The molecule has 1 N–H and O–H groups in total. The Bertz CT molecular complexity index is 902. The molecule has 5 nitrogen and oxygen atoms in total. The minimum absolute atomic E-state index is 0.0908. The van der Waals surface area contributed by atoms with Crippen molar-refractivity contribution in [1.82, 2.24) is 15.5 Å². The molecule has 1 heterocycles. The van der Waals surface area contributed by atoms with Gasteiger partial charge in [-0.1, -0.05) is 47.6 Å². The van der Waals surface area contributed by atoms with Gasteiger partial charge in [-0.05, 0) is 36.1 Å². The maximum Gasteiger partial charge on any atom is 0.246 e. The van der Waals surface area contributed by atoms with E-state index in [-0.39, 0.29) is 18.3 Å². The molecule has 1 aromatic heterocycles. The monoisotopic (exact) mass is 351 g/mol. The number of carbonyl (C=O) groups is 1. The molecule has 26 heavy (non-hydrogen) atoms. The van der Waals surface area contributed by atoms with E-state index < -0.39 is 5.41 Å². The van der Waals surface area contributed by atoms with Gasteiger partial charge in [-0.25, -0.2) is 4.39 Å². The summed E-state index contributed by atoms with van der Waals surface area (Å²) in [6.07, 6.45) is 2.10. The highest BCUT2D eigenvalue weighted by atomic mass is 19.1. The largest absolute Gasteiger partial charge is 0.346 e. The summed E-state index contributed by atoms with van der Waals surface area (Å²) < 4.78 is 18.3. The van der Waals surface area contributed by atoms with Gasteiger partial charge in [0.1, 0.15) is 5.82 Å². The van der Waals surface area contributed by atoms with Crippen LogP contribution >= 0.6 is 0 Å². The Hall–Kier alpha value is -3.02. The quantitative estimate of drug-likeness (QED) is 0.741. The smallest absolute Gasteiger partial charge is 0.246 e. The first kappa shape index (κ1) is 16.4. The summed E-state index contributed by atoms with van der Waals surface area (Å²) in [6.45, 7) is 0.184. The molecule has 1 saturated carbocycles. The van der Waals surface area contributed by atoms with Gasteiger partial charge in [0.05, 0.1) is 12.0 Å². The number of carbonyl (C=O) groups excluding carboxylic acids is 1. The first-order valence-electron chi connectivity index (χ1n) is 8.55. The Kier molecular flexibility index (Phi) is 4.24. The Morgan fingerprint density at radius 1 is 1.12 bits per heavy atom. The van der Waals surface area contributed by atoms with Crippen LogP contribution in [0.25, 0.3) is 0 Å². The van der Waals surface area contributed by atoms with Crippen molar-refractivity contribution in [2.75, 3.05) is 0 Å². The van der Waals surface area contributed by atoms with E-state index in [1.165, 1.54) is 12.1 Å². The molecule has 0 spiro atoms. The molecule has 1 aliphatic rings. The van der Waals surface area contributed by atoms with Crippen LogP contribution in [0.5, 0.6) is 0 Å². The Labute approximate surface area is 150 Å². The van der Waals surface area contributed by atoms with Gasteiger partial charge in [0.25, 0.3) is 0 Å². The third kappa shape index (κ3) is 3.35. The number of hydrogen-bond donors (Lipinski definition) is 1. The minimum Gasteiger partial charge on any atom is -0.346 e. The predicted octanol–water partition coefficient (Wildman–Crippen LogP) is 3.15. The van der Waals surface area contributed by atoms with Gasteiger partial charge in [-0.2, -0.15) is 4.98 Å². The van der Waals surface area contributed by atoms with Crippen molar-refractivity contribution in [3.8, 4) is 0 Å². The zero-order valence-corrected chi connectivity index (χ0v) is 14.1. The van der Waals surface area contributed by atoms with Gasteiger partial charge in [0, 0.05) is 6.42 Å². The van der Waals surface area contributed by atoms with Crippen LogP contribution in [0.3, 0.4) is 0 Å². The second-order valence-electron chi connectivity index (χ2n) is 6.54. The predicted molar refractivity (Wildman–Crippen MR) is 92.7 cm³/mol. The molecule has 132 valence electrons. The molecule has 0 atom stereocenters. The van der Waals surface area contributed by atoms with Crippen molar-refractivity contribution in [3.05, 3.63) is 83.3 Å². The fraction of sp³-hybridized carbons (Fsp3) is 0.250. The van der Waals surface area contributed by atoms with E-state index >= 15 is 0 Å². The third-order valence-corrected chi connectivity index (χ3v) is 4.70. The molecular weight excluding hydrogens is 333 g/mol. The second kappa shape index (κ2) is 6.71. The van der Waals surface area contributed by atoms with Crippen LogP contribution in [0.2, 0.25) is 0 Å². The fourth-order valence-corrected chi connectivity index (χ4v) is 3.08. The van der Waals surface area contributed by atoms with E-state index in [0.717, 1.165) is 24.0 Å². The first-order valence-corrected chi connectivity index (χ1v) is 8.55. The summed E-state index contributed by atoms with van der Waals surface area (Å²) in [5, 5.41) is 6.82. The zero-order valence-electron chi connectivity index (χ0n) is 14.1. The standard InChI is InChI=1S/C20H18FN3O2/c21-16-8-6-15(7-9-16)20(10-11-20)19(25)22-13-18-23-17(24-26-18)12-14-4-2-1-3-5-14/h1-9H,10-13H2,(H,22,25). The second-order valence-corrected chi connectivity index (χ2v) is 6.54. The molecule has 0 radical (unpaired) electrons. The fourth-order valence-electron chi connectivity index (χ4n) is 3.08. The van der Waals surface area contributed by atoms with Crippen molar-refractivity contribution in [1.29, 1.82) is 0 Å². The highest BCUT2D eigenvalue weighted by Gasteiger charge is 2.51. The number of hydrogen-bond acceptors (Lipinski definition) is 4. The number of nitrogens with zero attached hydrogens (tertiary/aromatic N) is 2. The summed E-state index contributed by atoms with van der Waals surface area (Å²) >= 11 is 0. The molecule has 0 saturated heterocycles. The average Bonchev–Trinajstić information content (AvgIpc) is 3.36. The zero-order chi connectivity index (χ0) is 18.0. The molecule has 1 aliphatic carbocycles. The lowest BCUT2D eigenvalue weighted by Crippen LogP contribution is -2.34. The van der Waals surface area contributed by atoms with E-state index in [4.69, 9.17) is 4.52 Å². The van der Waals surface area contributed by atoms with Crippen LogP contribution < -0.4 is 5.32 Å². The SMILES string of the molecule is O=C(NCc1nc(Cc2ccccc2)no1)C1(c2ccc(F)cc2)CC1. The molecule has 1 fully saturated rings. The molecule has 0 aliphatic heterocycles. The van der Waals surface area contributed by atoms with E-state index in [9.17, 15) is 9.18 Å². The van der Waals surface area contributed by atoms with Crippen molar-refractivity contribution < 1.29 is 13.7 Å². The summed E-state index contributed by atoms with van der Waals surface area (Å²) in [5.41, 5.74) is 1.38. The number of aromatic nitrogens is 2. The van der Waals surface area contributed by atoms with Gasteiger partial charge in [0.2, 0.25) is 11.8 Å². The van der Waals surface area contributed by atoms with Crippen molar-refractivity contribution >= 4 is 5.91 Å². The van der Waals surface area contributed by atoms with E-state index in [1.807, 2.05) is 30.3 Å². The van der Waals surface area contributed by atoms with Crippen molar-refractivity contribution in [3.63, 3.8) is 0 Å². The minimum atomic E-state index is -0.555. The summed E-state index contributed by atoms with van der Waals surface area (Å²) in [4.78, 5) is 16.9. The molecule has 0 unspecified atom stereocenters. The van der Waals surface area contributed by atoms with Gasteiger partial charge in [-0.3, -0.25) is 4.79 Å². The van der Waals surface area contributed by atoms with Crippen LogP contribution in [0.15, 0.2) is 59.1 Å². The molecule has 0 bridgehead atoms. The average molecular weight is 351 g/mol. The summed E-state index contributed by atoms with van der Waals surface area (Å²) in [7, 11) is 0. The van der Waals surface area contributed by atoms with Crippen LogP contribution in [-0.2, 0) is 23.2 Å². The van der Waals surface area contributed by atoms with Gasteiger partial charge in [0.15, 0.2) is 5.82 Å².